The zero-order valence-electron chi connectivity index (χ0n) is 10.4. The molecule has 0 atom stereocenters. The lowest BCUT2D eigenvalue weighted by molar-refractivity contribution is -0.136. The molecule has 1 aromatic heterocycles. The summed E-state index contributed by atoms with van der Waals surface area (Å²) < 4.78 is 0. The Morgan fingerprint density at radius 2 is 2.31 bits per heavy atom. The van der Waals surface area contributed by atoms with Crippen LogP contribution in [0.2, 0.25) is 0 Å². The Morgan fingerprint density at radius 3 is 2.81 bits per heavy atom. The number of rotatable bonds is 5. The third kappa shape index (κ3) is 3.06. The largest absolute Gasteiger partial charge is 0.347 e. The highest BCUT2D eigenvalue weighted by atomic mass is 16.2. The van der Waals surface area contributed by atoms with Crippen molar-refractivity contribution in [1.29, 1.82) is 0 Å². The van der Waals surface area contributed by atoms with Crippen LogP contribution in [0.15, 0.2) is 12.4 Å². The Morgan fingerprint density at radius 1 is 1.62 bits per heavy atom. The van der Waals surface area contributed by atoms with Crippen molar-refractivity contribution in [1.82, 2.24) is 20.2 Å². The number of hydrogen-bond donors (Lipinski definition) is 2. The van der Waals surface area contributed by atoms with E-state index in [9.17, 15) is 4.79 Å². The molecule has 0 aliphatic rings. The molecule has 0 aliphatic heterocycles. The van der Waals surface area contributed by atoms with Gasteiger partial charge in [0.05, 0.1) is 12.1 Å². The van der Waals surface area contributed by atoms with Crippen LogP contribution < -0.4 is 5.32 Å². The second-order valence-corrected chi connectivity index (χ2v) is 4.35. The minimum Gasteiger partial charge on any atom is -0.347 e. The van der Waals surface area contributed by atoms with E-state index in [2.05, 4.69) is 15.3 Å². The van der Waals surface area contributed by atoms with Gasteiger partial charge in [-0.2, -0.15) is 0 Å². The maximum Gasteiger partial charge on any atom is 0.242 e. The van der Waals surface area contributed by atoms with Crippen molar-refractivity contribution in [3.05, 3.63) is 18.2 Å². The van der Waals surface area contributed by atoms with Crippen LogP contribution in [0.3, 0.4) is 0 Å². The Hall–Kier alpha value is -1.36. The molecule has 0 unspecified atom stereocenters. The van der Waals surface area contributed by atoms with E-state index in [1.807, 2.05) is 20.8 Å². The van der Waals surface area contributed by atoms with E-state index in [1.54, 1.807) is 24.3 Å². The molecule has 0 bridgehead atoms. The summed E-state index contributed by atoms with van der Waals surface area (Å²) in [6.45, 7) is 7.03. The smallest absolute Gasteiger partial charge is 0.242 e. The van der Waals surface area contributed by atoms with Gasteiger partial charge in [-0.3, -0.25) is 4.79 Å². The Kier molecular flexibility index (Phi) is 4.06. The number of carbonyl (C=O) groups is 1. The number of H-pyrrole nitrogens is 1. The van der Waals surface area contributed by atoms with Crippen LogP contribution in [0.25, 0.3) is 0 Å². The molecule has 0 saturated carbocycles. The lowest BCUT2D eigenvalue weighted by atomic mass is 10.0. The first kappa shape index (κ1) is 12.7. The van der Waals surface area contributed by atoms with Crippen LogP contribution in [0.5, 0.6) is 0 Å². The monoisotopic (exact) mass is 224 g/mol. The molecule has 2 N–H and O–H groups in total. The summed E-state index contributed by atoms with van der Waals surface area (Å²) in [6.07, 6.45) is 3.44. The van der Waals surface area contributed by atoms with E-state index < -0.39 is 5.54 Å². The summed E-state index contributed by atoms with van der Waals surface area (Å²) in [4.78, 5) is 20.8. The third-order valence-electron chi connectivity index (χ3n) is 2.44. The molecule has 16 heavy (non-hydrogen) atoms. The molecule has 90 valence electrons. The minimum atomic E-state index is -0.532. The van der Waals surface area contributed by atoms with Crippen molar-refractivity contribution in [2.75, 3.05) is 13.6 Å². The molecule has 0 radical (unpaired) electrons. The molecule has 0 spiro atoms. The van der Waals surface area contributed by atoms with Gasteiger partial charge in [-0.1, -0.05) is 6.92 Å². The molecule has 0 aromatic carbocycles. The maximum absolute atomic E-state index is 12.1. The topological polar surface area (TPSA) is 61.0 Å². The zero-order chi connectivity index (χ0) is 12.2. The first-order valence-corrected chi connectivity index (χ1v) is 5.46. The first-order valence-electron chi connectivity index (χ1n) is 5.46. The van der Waals surface area contributed by atoms with E-state index in [4.69, 9.17) is 0 Å². The Balaban J connectivity index is 2.60. The zero-order valence-corrected chi connectivity index (χ0v) is 10.4. The number of nitrogens with zero attached hydrogens (tertiary/aromatic N) is 2. The molecule has 0 fully saturated rings. The highest BCUT2D eigenvalue weighted by molar-refractivity contribution is 5.85. The number of imidazole rings is 1. The van der Waals surface area contributed by atoms with Gasteiger partial charge in [0, 0.05) is 19.4 Å². The summed E-state index contributed by atoms with van der Waals surface area (Å²) in [7, 11) is 1.78. The van der Waals surface area contributed by atoms with Crippen molar-refractivity contribution in [3.8, 4) is 0 Å². The van der Waals surface area contributed by atoms with Crippen LogP contribution in [0, 0.1) is 0 Å². The summed E-state index contributed by atoms with van der Waals surface area (Å²) in [5, 5.41) is 3.16. The predicted molar refractivity (Wildman–Crippen MR) is 62.8 cm³/mol. The minimum absolute atomic E-state index is 0.0609. The van der Waals surface area contributed by atoms with E-state index in [1.165, 1.54) is 0 Å². The maximum atomic E-state index is 12.1. The van der Waals surface area contributed by atoms with E-state index >= 15 is 0 Å². The first-order chi connectivity index (χ1) is 7.47. The summed E-state index contributed by atoms with van der Waals surface area (Å²) in [5.41, 5.74) is -0.532. The summed E-state index contributed by atoms with van der Waals surface area (Å²) in [5.74, 6) is 0.855. The second kappa shape index (κ2) is 5.12. The number of likely N-dealkylation sites (N-methyl/N-ethyl adjacent to an activating group) is 2. The predicted octanol–water partition coefficient (Wildman–Crippen LogP) is 0.756. The second-order valence-electron chi connectivity index (χ2n) is 4.35. The summed E-state index contributed by atoms with van der Waals surface area (Å²) >= 11 is 0. The molecule has 1 amide bonds. The van der Waals surface area contributed by atoms with Crippen LogP contribution in [0.4, 0.5) is 0 Å². The van der Waals surface area contributed by atoms with E-state index in [0.717, 1.165) is 12.4 Å². The molecule has 5 nitrogen and oxygen atoms in total. The van der Waals surface area contributed by atoms with Gasteiger partial charge >= 0.3 is 0 Å². The molecule has 0 aliphatic carbocycles. The Labute approximate surface area is 96.3 Å². The number of amides is 1. The van der Waals surface area contributed by atoms with E-state index in [-0.39, 0.29) is 5.91 Å². The number of aromatic amines is 1. The number of nitrogens with one attached hydrogen (secondary N) is 2. The van der Waals surface area contributed by atoms with Crippen LogP contribution in [-0.4, -0.2) is 39.9 Å². The highest BCUT2D eigenvalue weighted by Crippen LogP contribution is 2.08. The number of hydrogen-bond acceptors (Lipinski definition) is 3. The van der Waals surface area contributed by atoms with Crippen molar-refractivity contribution in [3.63, 3.8) is 0 Å². The fourth-order valence-electron chi connectivity index (χ4n) is 1.68. The van der Waals surface area contributed by atoms with Gasteiger partial charge in [0.25, 0.3) is 0 Å². The molecule has 0 saturated heterocycles. The van der Waals surface area contributed by atoms with Crippen molar-refractivity contribution < 1.29 is 4.79 Å². The van der Waals surface area contributed by atoms with Crippen LogP contribution in [0.1, 0.15) is 26.6 Å². The van der Waals surface area contributed by atoms with E-state index in [0.29, 0.717) is 6.54 Å². The molecule has 1 heterocycles. The number of aromatic nitrogens is 2. The lowest BCUT2D eigenvalue weighted by Crippen LogP contribution is -2.52. The van der Waals surface area contributed by atoms with Crippen molar-refractivity contribution >= 4 is 5.91 Å². The van der Waals surface area contributed by atoms with Gasteiger partial charge in [-0.05, 0) is 20.4 Å². The van der Waals surface area contributed by atoms with Gasteiger partial charge in [0.1, 0.15) is 5.82 Å². The third-order valence-corrected chi connectivity index (χ3v) is 2.44. The Bertz CT molecular complexity index is 332. The van der Waals surface area contributed by atoms with Gasteiger partial charge in [0.2, 0.25) is 5.91 Å². The normalized spacial score (nSPS) is 11.5. The van der Waals surface area contributed by atoms with Gasteiger partial charge in [0.15, 0.2) is 0 Å². The average Bonchev–Trinajstić information content (AvgIpc) is 2.69. The van der Waals surface area contributed by atoms with Gasteiger partial charge in [-0.25, -0.2) is 4.98 Å². The standard InChI is InChI=1S/C11H20N4O/c1-5-14-11(2,3)10(16)15(4)8-9-12-6-7-13-9/h6-7,14H,5,8H2,1-4H3,(H,12,13). The molecular formula is C11H20N4O. The van der Waals surface area contributed by atoms with Crippen LogP contribution in [-0.2, 0) is 11.3 Å². The molecule has 1 rings (SSSR count). The van der Waals surface area contributed by atoms with Crippen molar-refractivity contribution in [2.45, 2.75) is 32.9 Å². The molecule has 1 aromatic rings. The van der Waals surface area contributed by atoms with Gasteiger partial charge < -0.3 is 15.2 Å². The fourth-order valence-corrected chi connectivity index (χ4v) is 1.68. The lowest BCUT2D eigenvalue weighted by Gasteiger charge is -2.29. The quantitative estimate of drug-likeness (QED) is 0.776. The van der Waals surface area contributed by atoms with Crippen molar-refractivity contribution in [2.24, 2.45) is 0 Å². The number of carbonyl (C=O) groups excluding carboxylic acids is 1. The summed E-state index contributed by atoms with van der Waals surface area (Å²) in [6, 6.07) is 0. The highest BCUT2D eigenvalue weighted by Gasteiger charge is 2.29. The average molecular weight is 224 g/mol. The fraction of sp³-hybridized carbons (Fsp3) is 0.636. The SMILES string of the molecule is CCNC(C)(C)C(=O)N(C)Cc1ncc[nH]1. The van der Waals surface area contributed by atoms with Gasteiger partial charge in [-0.15, -0.1) is 0 Å². The molecular weight excluding hydrogens is 204 g/mol. The molecule has 5 heteroatoms. The van der Waals surface area contributed by atoms with Crippen LogP contribution >= 0.6 is 0 Å².